The van der Waals surface area contributed by atoms with Gasteiger partial charge in [-0.15, -0.1) is 5.10 Å². The van der Waals surface area contributed by atoms with Gasteiger partial charge in [-0.05, 0) is 42.7 Å². The lowest BCUT2D eigenvalue weighted by Gasteiger charge is -2.36. The second kappa shape index (κ2) is 7.25. The fourth-order valence-corrected chi connectivity index (χ4v) is 4.87. The van der Waals surface area contributed by atoms with E-state index < -0.39 is 0 Å². The molecule has 7 nitrogen and oxygen atoms in total. The molecule has 0 radical (unpaired) electrons. The van der Waals surface area contributed by atoms with Crippen molar-refractivity contribution in [1.82, 2.24) is 19.5 Å². The molecule has 1 fully saturated rings. The smallest absolute Gasteiger partial charge is 0.230 e. The van der Waals surface area contributed by atoms with Crippen molar-refractivity contribution in [2.45, 2.75) is 25.0 Å². The summed E-state index contributed by atoms with van der Waals surface area (Å²) in [4.78, 5) is 7.91. The van der Waals surface area contributed by atoms with Crippen molar-refractivity contribution in [3.8, 4) is 17.5 Å². The van der Waals surface area contributed by atoms with Gasteiger partial charge in [-0.1, -0.05) is 23.5 Å². The predicted molar refractivity (Wildman–Crippen MR) is 105 cm³/mol. The molecular weight excluding hydrogens is 395 g/mol. The Balaban J connectivity index is 1.57. The summed E-state index contributed by atoms with van der Waals surface area (Å²) in [5.41, 5.74) is 0.869. The van der Waals surface area contributed by atoms with Gasteiger partial charge in [0.05, 0.1) is 23.3 Å². The third kappa shape index (κ3) is 3.31. The number of furan rings is 1. The minimum absolute atomic E-state index is 0.00996. The van der Waals surface area contributed by atoms with Gasteiger partial charge in [-0.2, -0.15) is 9.50 Å². The third-order valence-electron chi connectivity index (χ3n) is 5.24. The number of aliphatic hydroxyl groups is 1. The Bertz CT molecular complexity index is 1110. The highest BCUT2D eigenvalue weighted by Gasteiger charge is 2.32. The van der Waals surface area contributed by atoms with Gasteiger partial charge in [0.1, 0.15) is 5.82 Å². The van der Waals surface area contributed by atoms with Crippen LogP contribution in [0.25, 0.3) is 16.5 Å². The lowest BCUT2D eigenvalue weighted by Crippen LogP contribution is -2.38. The average molecular weight is 414 g/mol. The molecule has 1 aliphatic heterocycles. The summed E-state index contributed by atoms with van der Waals surface area (Å²) in [6.07, 6.45) is 2.54. The van der Waals surface area contributed by atoms with E-state index in [9.17, 15) is 14.6 Å². The lowest BCUT2D eigenvalue weighted by atomic mass is 9.99. The highest BCUT2D eigenvalue weighted by Crippen LogP contribution is 2.41. The maximum absolute atomic E-state index is 13.5. The molecule has 150 valence electrons. The fraction of sp³-hybridized carbons (Fsp3) is 0.300. The summed E-state index contributed by atoms with van der Waals surface area (Å²) in [6, 6.07) is 9.55. The molecule has 1 aromatic carbocycles. The number of hydrogen-bond donors (Lipinski definition) is 2. The maximum atomic E-state index is 13.5. The molecule has 29 heavy (non-hydrogen) atoms. The molecule has 0 bridgehead atoms. The van der Waals surface area contributed by atoms with Crippen LogP contribution in [0.5, 0.6) is 5.88 Å². The van der Waals surface area contributed by atoms with Crippen molar-refractivity contribution in [1.29, 1.82) is 0 Å². The van der Waals surface area contributed by atoms with Crippen molar-refractivity contribution < 1.29 is 19.0 Å². The molecule has 4 aromatic rings. The first kappa shape index (κ1) is 18.3. The van der Waals surface area contributed by atoms with E-state index in [1.54, 1.807) is 30.5 Å². The first-order valence-electron chi connectivity index (χ1n) is 9.40. The highest BCUT2D eigenvalue weighted by molar-refractivity contribution is 7.17. The topological polar surface area (TPSA) is 87.0 Å². The van der Waals surface area contributed by atoms with Crippen LogP contribution < -0.4 is 0 Å². The van der Waals surface area contributed by atoms with Crippen LogP contribution in [-0.2, 0) is 0 Å². The van der Waals surface area contributed by atoms with Crippen LogP contribution in [-0.4, -0.2) is 48.9 Å². The molecule has 1 atom stereocenters. The zero-order valence-corrected chi connectivity index (χ0v) is 16.2. The van der Waals surface area contributed by atoms with E-state index in [-0.39, 0.29) is 23.8 Å². The molecular formula is C20H19FN4O3S. The summed E-state index contributed by atoms with van der Waals surface area (Å²) in [5.74, 6) is 0.636. The SMILES string of the molecule is Oc1c(C(c2ccc(F)cc2)N2CCC(O)CC2)sc2nc(-c3ccco3)nn12. The number of aliphatic hydroxyl groups excluding tert-OH is 1. The number of aromatic nitrogens is 3. The van der Waals surface area contributed by atoms with Crippen molar-refractivity contribution in [2.75, 3.05) is 13.1 Å². The van der Waals surface area contributed by atoms with Gasteiger partial charge in [-0.3, -0.25) is 4.90 Å². The Kier molecular flexibility index (Phi) is 4.57. The molecule has 0 aliphatic carbocycles. The van der Waals surface area contributed by atoms with Crippen molar-refractivity contribution >= 4 is 16.3 Å². The van der Waals surface area contributed by atoms with Crippen LogP contribution in [0.3, 0.4) is 0 Å². The number of rotatable bonds is 4. The number of piperidine rings is 1. The van der Waals surface area contributed by atoms with Crippen LogP contribution in [0.2, 0.25) is 0 Å². The summed E-state index contributed by atoms with van der Waals surface area (Å²) in [6.45, 7) is 1.35. The molecule has 0 spiro atoms. The van der Waals surface area contributed by atoms with Crippen LogP contribution in [0.1, 0.15) is 29.3 Å². The van der Waals surface area contributed by atoms with Gasteiger partial charge in [0.15, 0.2) is 5.76 Å². The van der Waals surface area contributed by atoms with E-state index in [2.05, 4.69) is 15.0 Å². The quantitative estimate of drug-likeness (QED) is 0.532. The molecule has 5 rings (SSSR count). The van der Waals surface area contributed by atoms with Crippen LogP contribution in [0.15, 0.2) is 47.1 Å². The zero-order valence-electron chi connectivity index (χ0n) is 15.4. The number of hydrogen-bond acceptors (Lipinski definition) is 7. The van der Waals surface area contributed by atoms with E-state index in [4.69, 9.17) is 4.42 Å². The number of nitrogens with zero attached hydrogens (tertiary/aromatic N) is 4. The predicted octanol–water partition coefficient (Wildman–Crippen LogP) is 3.44. The van der Waals surface area contributed by atoms with Crippen molar-refractivity contribution in [3.05, 3.63) is 58.9 Å². The summed E-state index contributed by atoms with van der Waals surface area (Å²) in [7, 11) is 0. The van der Waals surface area contributed by atoms with Gasteiger partial charge >= 0.3 is 0 Å². The minimum atomic E-state index is -0.313. The van der Waals surface area contributed by atoms with Crippen molar-refractivity contribution in [2.24, 2.45) is 0 Å². The summed E-state index contributed by atoms with van der Waals surface area (Å²) in [5, 5.41) is 25.2. The molecule has 1 saturated heterocycles. The minimum Gasteiger partial charge on any atom is -0.492 e. The van der Waals surface area contributed by atoms with E-state index in [1.165, 1.54) is 28.0 Å². The Morgan fingerprint density at radius 1 is 1.17 bits per heavy atom. The number of thiazole rings is 1. The Morgan fingerprint density at radius 3 is 2.59 bits per heavy atom. The van der Waals surface area contributed by atoms with E-state index >= 15 is 0 Å². The average Bonchev–Trinajstić information content (AvgIpc) is 3.44. The number of benzene rings is 1. The lowest BCUT2D eigenvalue weighted by molar-refractivity contribution is 0.0689. The zero-order chi connectivity index (χ0) is 20.0. The second-order valence-electron chi connectivity index (χ2n) is 7.12. The molecule has 1 unspecified atom stereocenters. The van der Waals surface area contributed by atoms with Crippen molar-refractivity contribution in [3.63, 3.8) is 0 Å². The van der Waals surface area contributed by atoms with Crippen LogP contribution in [0, 0.1) is 5.82 Å². The van der Waals surface area contributed by atoms with E-state index in [0.29, 0.717) is 47.4 Å². The molecule has 0 saturated carbocycles. The number of fused-ring (bicyclic) bond motifs is 1. The Hall–Kier alpha value is -2.75. The molecule has 3 aromatic heterocycles. The number of likely N-dealkylation sites (tertiary alicyclic amines) is 1. The molecule has 1 aliphatic rings. The molecule has 4 heterocycles. The third-order valence-corrected chi connectivity index (χ3v) is 6.31. The van der Waals surface area contributed by atoms with E-state index in [1.807, 2.05) is 0 Å². The fourth-order valence-electron chi connectivity index (χ4n) is 3.76. The monoisotopic (exact) mass is 414 g/mol. The normalized spacial score (nSPS) is 17.2. The van der Waals surface area contributed by atoms with E-state index in [0.717, 1.165) is 5.56 Å². The summed E-state index contributed by atoms with van der Waals surface area (Å²) >= 11 is 1.34. The Morgan fingerprint density at radius 2 is 1.93 bits per heavy atom. The first-order valence-corrected chi connectivity index (χ1v) is 10.2. The van der Waals surface area contributed by atoms with Gasteiger partial charge in [0.2, 0.25) is 16.7 Å². The second-order valence-corrected chi connectivity index (χ2v) is 8.13. The molecule has 0 amide bonds. The van der Waals surface area contributed by atoms with Crippen LogP contribution in [0.4, 0.5) is 4.39 Å². The number of aromatic hydroxyl groups is 1. The maximum Gasteiger partial charge on any atom is 0.230 e. The summed E-state index contributed by atoms with van der Waals surface area (Å²) < 4.78 is 20.2. The Labute approximate surface area is 169 Å². The van der Waals surface area contributed by atoms with Gasteiger partial charge < -0.3 is 14.6 Å². The standard InChI is InChI=1S/C20H19FN4O3S/c21-13-5-3-12(4-6-13)16(24-9-7-14(26)8-10-24)17-19(27)25-20(29-17)22-18(23-25)15-2-1-11-28-15/h1-6,11,14,16,26-27H,7-10H2. The first-order chi connectivity index (χ1) is 14.1. The number of halogens is 1. The van der Waals surface area contributed by atoms with Gasteiger partial charge in [0, 0.05) is 13.1 Å². The van der Waals surface area contributed by atoms with Crippen LogP contribution >= 0.6 is 11.3 Å². The highest BCUT2D eigenvalue weighted by atomic mass is 32.1. The molecule has 9 heteroatoms. The van der Waals surface area contributed by atoms with Gasteiger partial charge in [0.25, 0.3) is 0 Å². The molecule has 2 N–H and O–H groups in total. The largest absolute Gasteiger partial charge is 0.492 e. The van der Waals surface area contributed by atoms with Gasteiger partial charge in [-0.25, -0.2) is 4.39 Å².